The number of para-hydroxylation sites is 3. The van der Waals surface area contributed by atoms with Crippen molar-refractivity contribution in [2.24, 2.45) is 0 Å². The summed E-state index contributed by atoms with van der Waals surface area (Å²) in [6.45, 7) is 0. The van der Waals surface area contributed by atoms with E-state index in [4.69, 9.17) is 0 Å². The largest absolute Gasteiger partial charge is 0.310 e. The Labute approximate surface area is 442 Å². The van der Waals surface area contributed by atoms with Gasteiger partial charge in [-0.25, -0.2) is 0 Å². The van der Waals surface area contributed by atoms with Crippen molar-refractivity contribution in [1.29, 1.82) is 0 Å². The van der Waals surface area contributed by atoms with Crippen LogP contribution in [0.25, 0.3) is 72.0 Å². The molecule has 0 saturated carbocycles. The van der Waals surface area contributed by atoms with Gasteiger partial charge in [0.15, 0.2) is 0 Å². The smallest absolute Gasteiger partial charge is 0.0755 e. The third kappa shape index (κ3) is 5.76. The molecule has 1 unspecified atom stereocenters. The van der Waals surface area contributed by atoms with Crippen LogP contribution in [0.3, 0.4) is 0 Å². The highest BCUT2D eigenvalue weighted by Gasteiger charge is 2.52. The van der Waals surface area contributed by atoms with Crippen molar-refractivity contribution in [3.63, 3.8) is 0 Å². The highest BCUT2D eigenvalue weighted by Crippen LogP contribution is 2.64. The normalized spacial score (nSPS) is 15.0. The molecule has 16 rings (SSSR count). The molecule has 2 nitrogen and oxygen atoms in total. The van der Waals surface area contributed by atoms with Crippen LogP contribution in [0, 0.1) is 0 Å². The molecule has 0 amide bonds. The van der Waals surface area contributed by atoms with Crippen LogP contribution in [-0.4, -0.2) is 4.57 Å². The quantitative estimate of drug-likeness (QED) is 0.155. The number of anilines is 3. The minimum absolute atomic E-state index is 0.507. The van der Waals surface area contributed by atoms with Crippen LogP contribution in [0.4, 0.5) is 17.1 Å². The fourth-order valence-electron chi connectivity index (χ4n) is 14.1. The number of hydrogen-bond donors (Lipinski definition) is 0. The summed E-state index contributed by atoms with van der Waals surface area (Å²) in [6, 6.07) is 109. The van der Waals surface area contributed by atoms with E-state index in [2.05, 4.69) is 301 Å². The summed E-state index contributed by atoms with van der Waals surface area (Å²) >= 11 is 0. The number of nitrogens with zero attached hydrogens (tertiary/aromatic N) is 2. The third-order valence-corrected chi connectivity index (χ3v) is 17.1. The molecule has 2 heteroatoms. The minimum atomic E-state index is -0.584. The van der Waals surface area contributed by atoms with Gasteiger partial charge in [0.2, 0.25) is 0 Å². The van der Waals surface area contributed by atoms with E-state index in [0.717, 1.165) is 17.1 Å². The van der Waals surface area contributed by atoms with Crippen molar-refractivity contribution in [2.75, 3.05) is 4.90 Å². The van der Waals surface area contributed by atoms with Gasteiger partial charge in [-0.05, 0) is 126 Å². The standard InChI is InChI=1S/C74H48N2/c1-3-19-49(20-4-1)50-37-39-51(40-38-50)52-41-45-55(46-42-52)75(56-47-43-54(44-48-56)73(53-21-5-2-6-22-53)62-28-11-7-23-57(62)58-24-8-12-29-63(58)73)70-36-18-32-66-71(70)61-26-9-13-30-64(61)74(66)65-31-14-16-35-69(65)76-68-34-15-10-25-59(68)60-27-17-33-67(74)72(60)76/h1-48H. The monoisotopic (exact) mass is 964 g/mol. The minimum Gasteiger partial charge on any atom is -0.310 e. The van der Waals surface area contributed by atoms with Gasteiger partial charge in [-0.2, -0.15) is 0 Å². The maximum absolute atomic E-state index is 2.53. The molecule has 76 heavy (non-hydrogen) atoms. The molecule has 1 atom stereocenters. The average molecular weight is 965 g/mol. The molecule has 12 aromatic carbocycles. The summed E-state index contributed by atoms with van der Waals surface area (Å²) in [7, 11) is 0. The first-order chi connectivity index (χ1) is 37.7. The molecular formula is C74H48N2. The van der Waals surface area contributed by atoms with Gasteiger partial charge >= 0.3 is 0 Å². The van der Waals surface area contributed by atoms with Gasteiger partial charge in [-0.3, -0.25) is 0 Å². The van der Waals surface area contributed by atoms with Crippen molar-refractivity contribution in [2.45, 2.75) is 10.8 Å². The highest BCUT2D eigenvalue weighted by molar-refractivity contribution is 6.13. The molecular weight excluding hydrogens is 917 g/mol. The molecule has 2 aliphatic carbocycles. The van der Waals surface area contributed by atoms with Gasteiger partial charge in [0.05, 0.1) is 33.2 Å². The first kappa shape index (κ1) is 42.7. The number of rotatable bonds is 7. The van der Waals surface area contributed by atoms with Crippen molar-refractivity contribution in [1.82, 2.24) is 4.57 Å². The van der Waals surface area contributed by atoms with Crippen LogP contribution in [0.2, 0.25) is 0 Å². The van der Waals surface area contributed by atoms with Crippen LogP contribution in [-0.2, 0) is 10.8 Å². The topological polar surface area (TPSA) is 8.17 Å². The lowest BCUT2D eigenvalue weighted by Gasteiger charge is -2.39. The van der Waals surface area contributed by atoms with E-state index in [1.165, 1.54) is 117 Å². The lowest BCUT2D eigenvalue weighted by molar-refractivity contribution is 0.748. The maximum atomic E-state index is 2.53. The summed E-state index contributed by atoms with van der Waals surface area (Å²) in [5.41, 5.74) is 26.1. The first-order valence-corrected chi connectivity index (χ1v) is 26.5. The van der Waals surface area contributed by atoms with E-state index in [1.54, 1.807) is 0 Å². The van der Waals surface area contributed by atoms with E-state index in [1.807, 2.05) is 0 Å². The summed E-state index contributed by atoms with van der Waals surface area (Å²) < 4.78 is 2.53. The Morgan fingerprint density at radius 3 is 1.39 bits per heavy atom. The second-order valence-electron chi connectivity index (χ2n) is 20.6. The molecule has 1 aliphatic heterocycles. The van der Waals surface area contributed by atoms with Gasteiger partial charge in [0.25, 0.3) is 0 Å². The van der Waals surface area contributed by atoms with Gasteiger partial charge in [0, 0.05) is 27.7 Å². The van der Waals surface area contributed by atoms with E-state index in [-0.39, 0.29) is 0 Å². The number of hydrogen-bond acceptors (Lipinski definition) is 1. The van der Waals surface area contributed by atoms with Gasteiger partial charge in [-0.1, -0.05) is 249 Å². The van der Waals surface area contributed by atoms with E-state index in [0.29, 0.717) is 0 Å². The Morgan fingerprint density at radius 2 is 0.724 bits per heavy atom. The number of fused-ring (bicyclic) bond motifs is 15. The average Bonchev–Trinajstić information content (AvgIpc) is 4.19. The SMILES string of the molecule is c1ccc(-c2ccc(-c3ccc(N(c4ccc(C5(c6ccccc6)c6ccccc6-c6ccccc65)cc4)c4cccc5c4-c4ccccc4C54c5ccccc5-n5c6ccccc6c6cccc4c65)cc3)cc2)cc1. The predicted molar refractivity (Wildman–Crippen MR) is 315 cm³/mol. The summed E-state index contributed by atoms with van der Waals surface area (Å²) in [4.78, 5) is 2.51. The fourth-order valence-corrected chi connectivity index (χ4v) is 14.1. The Hall–Kier alpha value is -9.76. The molecule has 354 valence electrons. The zero-order valence-electron chi connectivity index (χ0n) is 41.6. The third-order valence-electron chi connectivity index (χ3n) is 17.1. The Kier molecular flexibility index (Phi) is 9.20. The van der Waals surface area contributed by atoms with Crippen LogP contribution in [0.15, 0.2) is 291 Å². The van der Waals surface area contributed by atoms with Crippen molar-refractivity contribution in [3.8, 4) is 50.2 Å². The molecule has 3 aliphatic rings. The molecule has 2 heterocycles. The zero-order chi connectivity index (χ0) is 50.0. The van der Waals surface area contributed by atoms with Crippen LogP contribution in [0.5, 0.6) is 0 Å². The van der Waals surface area contributed by atoms with Crippen molar-refractivity contribution < 1.29 is 0 Å². The zero-order valence-corrected chi connectivity index (χ0v) is 41.6. The first-order valence-electron chi connectivity index (χ1n) is 26.5. The Morgan fingerprint density at radius 1 is 0.276 bits per heavy atom. The second kappa shape index (κ2) is 16.4. The highest BCUT2D eigenvalue weighted by atomic mass is 15.1. The Balaban J connectivity index is 0.923. The number of benzene rings is 12. The van der Waals surface area contributed by atoms with Crippen LogP contribution < -0.4 is 4.90 Å². The van der Waals surface area contributed by atoms with Gasteiger partial charge < -0.3 is 9.47 Å². The molecule has 13 aromatic rings. The molecule has 0 bridgehead atoms. The molecule has 1 spiro atoms. The van der Waals surface area contributed by atoms with Crippen LogP contribution in [0.1, 0.15) is 44.5 Å². The van der Waals surface area contributed by atoms with E-state index < -0.39 is 10.8 Å². The van der Waals surface area contributed by atoms with Gasteiger partial charge in [0.1, 0.15) is 0 Å². The lowest BCUT2D eigenvalue weighted by atomic mass is 9.65. The Bertz CT molecular complexity index is 4390. The molecule has 0 radical (unpaired) electrons. The summed E-state index contributed by atoms with van der Waals surface area (Å²) in [5.74, 6) is 0. The van der Waals surface area contributed by atoms with Crippen LogP contribution >= 0.6 is 0 Å². The lowest BCUT2D eigenvalue weighted by Crippen LogP contribution is -2.33. The molecule has 0 N–H and O–H groups in total. The predicted octanol–water partition coefficient (Wildman–Crippen LogP) is 18.6. The van der Waals surface area contributed by atoms with Gasteiger partial charge in [-0.15, -0.1) is 0 Å². The number of aromatic nitrogens is 1. The molecule has 1 aromatic heterocycles. The molecule has 0 fully saturated rings. The maximum Gasteiger partial charge on any atom is 0.0755 e. The van der Waals surface area contributed by atoms with E-state index >= 15 is 0 Å². The van der Waals surface area contributed by atoms with Crippen molar-refractivity contribution >= 4 is 38.9 Å². The van der Waals surface area contributed by atoms with Crippen molar-refractivity contribution in [3.05, 3.63) is 336 Å². The summed E-state index contributed by atoms with van der Waals surface area (Å²) in [5, 5.41) is 2.55. The molecule has 0 saturated heterocycles. The second-order valence-corrected chi connectivity index (χ2v) is 20.6. The summed E-state index contributed by atoms with van der Waals surface area (Å²) in [6.07, 6.45) is 0. The van der Waals surface area contributed by atoms with E-state index in [9.17, 15) is 0 Å². The fraction of sp³-hybridized carbons (Fsp3) is 0.0270.